The lowest BCUT2D eigenvalue weighted by atomic mass is 9.93. The van der Waals surface area contributed by atoms with E-state index in [2.05, 4.69) is 15.3 Å². The second-order valence-electron chi connectivity index (χ2n) is 7.86. The molecule has 2 fully saturated rings. The number of alkyl halides is 3. The van der Waals surface area contributed by atoms with E-state index in [0.29, 0.717) is 41.4 Å². The van der Waals surface area contributed by atoms with Crippen LogP contribution in [0.2, 0.25) is 0 Å². The molecule has 0 spiro atoms. The number of nitrogens with one attached hydrogen (secondary N) is 1. The molecular weight excluding hydrogens is 438 g/mol. The van der Waals surface area contributed by atoms with Gasteiger partial charge in [-0.1, -0.05) is 11.5 Å². The molecule has 33 heavy (non-hydrogen) atoms. The number of ether oxygens (including phenoxy) is 4. The number of halogens is 3. The first-order chi connectivity index (χ1) is 15.8. The Morgan fingerprint density at radius 1 is 1.09 bits per heavy atom. The second-order valence-corrected chi connectivity index (χ2v) is 7.86. The van der Waals surface area contributed by atoms with Gasteiger partial charge >= 0.3 is 6.18 Å². The third-order valence-electron chi connectivity index (χ3n) is 5.66. The van der Waals surface area contributed by atoms with Crippen molar-refractivity contribution in [2.24, 2.45) is 0 Å². The van der Waals surface area contributed by atoms with Crippen LogP contribution in [0.25, 0.3) is 10.9 Å². The molecule has 1 N–H and O–H groups in total. The Morgan fingerprint density at radius 2 is 1.94 bits per heavy atom. The van der Waals surface area contributed by atoms with E-state index >= 15 is 0 Å². The van der Waals surface area contributed by atoms with Gasteiger partial charge in [-0.05, 0) is 24.6 Å². The SMILES string of the molecule is [B]c1cc(Nc2ncnc3cc(O[C@@H]4COC5CCOC54)c(OC)cc23)cc(C(F)(F)F)c1. The maximum absolute atomic E-state index is 13.2. The minimum atomic E-state index is -4.53. The largest absolute Gasteiger partial charge is 0.493 e. The molecule has 2 unspecified atom stereocenters. The monoisotopic (exact) mass is 457 g/mol. The highest BCUT2D eigenvalue weighted by molar-refractivity contribution is 6.32. The molecule has 2 aromatic carbocycles. The van der Waals surface area contributed by atoms with Crippen LogP contribution in [-0.2, 0) is 15.7 Å². The van der Waals surface area contributed by atoms with E-state index in [1.807, 2.05) is 0 Å². The van der Waals surface area contributed by atoms with Gasteiger partial charge in [0.25, 0.3) is 0 Å². The lowest BCUT2D eigenvalue weighted by Crippen LogP contribution is -2.32. The summed E-state index contributed by atoms with van der Waals surface area (Å²) in [6, 6.07) is 6.62. The Labute approximate surface area is 188 Å². The van der Waals surface area contributed by atoms with Crippen LogP contribution in [0.4, 0.5) is 24.7 Å². The first-order valence-electron chi connectivity index (χ1n) is 10.3. The summed E-state index contributed by atoms with van der Waals surface area (Å²) in [7, 11) is 7.17. The molecule has 3 atom stereocenters. The van der Waals surface area contributed by atoms with Gasteiger partial charge in [-0.25, -0.2) is 9.97 Å². The second kappa shape index (κ2) is 8.38. The van der Waals surface area contributed by atoms with E-state index < -0.39 is 11.7 Å². The summed E-state index contributed by atoms with van der Waals surface area (Å²) in [6.45, 7) is 1.04. The average molecular weight is 457 g/mol. The molecule has 0 aliphatic carbocycles. The smallest absolute Gasteiger partial charge is 0.416 e. The summed E-state index contributed by atoms with van der Waals surface area (Å²) >= 11 is 0. The Balaban J connectivity index is 1.47. The summed E-state index contributed by atoms with van der Waals surface area (Å²) in [5.74, 6) is 1.18. The van der Waals surface area contributed by atoms with Crippen LogP contribution in [0.5, 0.6) is 11.5 Å². The van der Waals surface area contributed by atoms with Gasteiger partial charge in [-0.15, -0.1) is 0 Å². The van der Waals surface area contributed by atoms with Crippen molar-refractivity contribution in [3.63, 3.8) is 0 Å². The molecular formula is C22H19BF3N3O4. The van der Waals surface area contributed by atoms with Gasteiger partial charge in [0.2, 0.25) is 0 Å². The zero-order valence-electron chi connectivity index (χ0n) is 17.6. The van der Waals surface area contributed by atoms with Crippen molar-refractivity contribution < 1.29 is 32.1 Å². The number of hydrogen-bond donors (Lipinski definition) is 1. The first-order valence-corrected chi connectivity index (χ1v) is 10.3. The van der Waals surface area contributed by atoms with Gasteiger partial charge in [0.1, 0.15) is 26.1 Å². The minimum absolute atomic E-state index is 0.0230. The lowest BCUT2D eigenvalue weighted by Gasteiger charge is -2.20. The van der Waals surface area contributed by atoms with Crippen molar-refractivity contribution in [3.8, 4) is 11.5 Å². The highest BCUT2D eigenvalue weighted by Gasteiger charge is 2.43. The van der Waals surface area contributed by atoms with E-state index in [1.165, 1.54) is 19.5 Å². The van der Waals surface area contributed by atoms with Crippen molar-refractivity contribution >= 4 is 35.7 Å². The fourth-order valence-electron chi connectivity index (χ4n) is 4.13. The molecule has 5 rings (SSSR count). The number of hydrogen-bond acceptors (Lipinski definition) is 7. The molecule has 1 aromatic heterocycles. The standard InChI is InChI=1S/C22H19BF3N3O4/c1-30-17-7-14-15(8-18(17)33-19-9-32-16-2-3-31-20(16)19)27-10-28-21(14)29-13-5-11(22(24,25)26)4-12(23)6-13/h4-8,10,16,19-20H,2-3,9H2,1H3,(H,27,28,29)/t16?,19-,20?/m1/s1. The predicted molar refractivity (Wildman–Crippen MR) is 115 cm³/mol. The predicted octanol–water partition coefficient (Wildman–Crippen LogP) is 3.13. The van der Waals surface area contributed by atoms with Crippen molar-refractivity contribution in [2.75, 3.05) is 25.6 Å². The molecule has 0 saturated carbocycles. The molecule has 3 aromatic rings. The van der Waals surface area contributed by atoms with Crippen LogP contribution in [0, 0.1) is 0 Å². The summed E-state index contributed by atoms with van der Waals surface area (Å²) in [5, 5.41) is 3.44. The molecule has 2 radical (unpaired) electrons. The van der Waals surface area contributed by atoms with Crippen LogP contribution in [0.15, 0.2) is 36.7 Å². The van der Waals surface area contributed by atoms with Crippen LogP contribution < -0.4 is 20.3 Å². The zero-order valence-corrected chi connectivity index (χ0v) is 17.6. The molecule has 0 bridgehead atoms. The van der Waals surface area contributed by atoms with E-state index in [0.717, 1.165) is 18.6 Å². The number of anilines is 2. The third-order valence-corrected chi connectivity index (χ3v) is 5.66. The van der Waals surface area contributed by atoms with Crippen LogP contribution in [-0.4, -0.2) is 56.4 Å². The highest BCUT2D eigenvalue weighted by Crippen LogP contribution is 2.38. The Hall–Kier alpha value is -3.05. The van der Waals surface area contributed by atoms with Crippen molar-refractivity contribution in [1.29, 1.82) is 0 Å². The van der Waals surface area contributed by atoms with Crippen molar-refractivity contribution in [2.45, 2.75) is 30.9 Å². The Kier molecular flexibility index (Phi) is 5.53. The normalized spacial score (nSPS) is 22.4. The van der Waals surface area contributed by atoms with Gasteiger partial charge in [0.15, 0.2) is 17.6 Å². The fourth-order valence-corrected chi connectivity index (χ4v) is 4.13. The van der Waals surface area contributed by atoms with Gasteiger partial charge < -0.3 is 24.3 Å². The molecule has 11 heteroatoms. The summed E-state index contributed by atoms with van der Waals surface area (Å²) < 4.78 is 62.6. The van der Waals surface area contributed by atoms with Gasteiger partial charge in [0, 0.05) is 23.7 Å². The van der Waals surface area contributed by atoms with Crippen LogP contribution in [0.3, 0.4) is 0 Å². The lowest BCUT2D eigenvalue weighted by molar-refractivity contribution is -0.137. The number of benzene rings is 2. The number of nitrogens with zero attached hydrogens (tertiary/aromatic N) is 2. The van der Waals surface area contributed by atoms with Gasteiger partial charge in [-0.3, -0.25) is 0 Å². The summed E-state index contributed by atoms with van der Waals surface area (Å²) in [4.78, 5) is 8.48. The molecule has 2 aliphatic rings. The number of methoxy groups -OCH3 is 1. The topological polar surface area (TPSA) is 74.7 Å². The van der Waals surface area contributed by atoms with E-state index in [1.54, 1.807) is 12.1 Å². The average Bonchev–Trinajstić information content (AvgIpc) is 3.38. The maximum atomic E-state index is 13.2. The maximum Gasteiger partial charge on any atom is 0.416 e. The quantitative estimate of drug-likeness (QED) is 0.591. The Bertz CT molecular complexity index is 1190. The third kappa shape index (κ3) is 4.30. The summed E-state index contributed by atoms with van der Waals surface area (Å²) in [6.07, 6.45) is -2.77. The number of aromatic nitrogens is 2. The molecule has 7 nitrogen and oxygen atoms in total. The summed E-state index contributed by atoms with van der Waals surface area (Å²) in [5.41, 5.74) is -0.215. The van der Waals surface area contributed by atoms with E-state index in [-0.39, 0.29) is 29.5 Å². The van der Waals surface area contributed by atoms with E-state index in [9.17, 15) is 13.2 Å². The van der Waals surface area contributed by atoms with Crippen LogP contribution >= 0.6 is 0 Å². The van der Waals surface area contributed by atoms with Gasteiger partial charge in [-0.2, -0.15) is 13.2 Å². The highest BCUT2D eigenvalue weighted by atomic mass is 19.4. The molecule has 3 heterocycles. The molecule has 0 amide bonds. The van der Waals surface area contributed by atoms with Crippen molar-refractivity contribution in [3.05, 3.63) is 42.2 Å². The number of fused-ring (bicyclic) bond motifs is 2. The molecule has 170 valence electrons. The number of rotatable bonds is 5. The van der Waals surface area contributed by atoms with E-state index in [4.69, 9.17) is 26.8 Å². The first kappa shape index (κ1) is 21.8. The minimum Gasteiger partial charge on any atom is -0.493 e. The van der Waals surface area contributed by atoms with Crippen molar-refractivity contribution in [1.82, 2.24) is 9.97 Å². The van der Waals surface area contributed by atoms with Crippen LogP contribution in [0.1, 0.15) is 12.0 Å². The fraction of sp³-hybridized carbons (Fsp3) is 0.364. The zero-order chi connectivity index (χ0) is 23.2. The molecule has 2 aliphatic heterocycles. The Morgan fingerprint density at radius 3 is 2.73 bits per heavy atom. The molecule has 2 saturated heterocycles. The van der Waals surface area contributed by atoms with Gasteiger partial charge in [0.05, 0.1) is 30.9 Å².